The minimum absolute atomic E-state index is 0.0384. The molecular formula is C61H50N2. The lowest BCUT2D eigenvalue weighted by Crippen LogP contribution is -2.18. The fourth-order valence-electron chi connectivity index (χ4n) is 10.4. The molecule has 2 nitrogen and oxygen atoms in total. The van der Waals surface area contributed by atoms with Crippen molar-refractivity contribution in [2.24, 2.45) is 0 Å². The lowest BCUT2D eigenvalue weighted by Gasteiger charge is -2.28. The smallest absolute Gasteiger partial charge is 0.0481 e. The molecule has 11 rings (SSSR count). The predicted octanol–water partition coefficient (Wildman–Crippen LogP) is 16.4. The third kappa shape index (κ3) is 6.57. The number of anilines is 5. The SMILES string of the molecule is CC1(C)c2ccccc2-c2ccc(CN(c3ccccc3)c3ccc(-c4ccccc4-c4ccc(N(c5ccccc5)c5ccc6c(c5)C(C)(C)c5ccccc5-6)cc4)cc3)cc21. The maximum atomic E-state index is 2.44. The maximum Gasteiger partial charge on any atom is 0.0481 e. The van der Waals surface area contributed by atoms with Crippen LogP contribution in [0.1, 0.15) is 55.5 Å². The standard InChI is InChI=1S/C61H50N2/c1-60(2)56-25-15-13-23-52(56)54-37-27-42(39-58(54)60)41-62(45-17-7-5-8-18-45)46-32-28-43(29-33-46)50-21-11-12-22-51(50)44-30-34-48(35-31-44)63(47-19-9-6-10-20-47)49-36-38-55-53-24-14-16-26-57(53)61(3,4)59(55)40-49/h5-40H,41H2,1-4H3. The first-order chi connectivity index (χ1) is 30.8. The molecule has 0 aliphatic heterocycles. The summed E-state index contributed by atoms with van der Waals surface area (Å²) in [6.07, 6.45) is 0. The summed E-state index contributed by atoms with van der Waals surface area (Å²) in [5.41, 5.74) is 22.7. The summed E-state index contributed by atoms with van der Waals surface area (Å²) in [6, 6.07) is 80.3. The average molecular weight is 811 g/mol. The summed E-state index contributed by atoms with van der Waals surface area (Å²) in [5, 5.41) is 0. The molecule has 0 spiro atoms. The number of hydrogen-bond donors (Lipinski definition) is 0. The molecule has 0 saturated carbocycles. The van der Waals surface area contributed by atoms with Crippen LogP contribution in [-0.4, -0.2) is 0 Å². The maximum absolute atomic E-state index is 2.44. The Morgan fingerprint density at radius 1 is 0.302 bits per heavy atom. The second-order valence-corrected chi connectivity index (χ2v) is 18.2. The first kappa shape index (κ1) is 38.5. The van der Waals surface area contributed by atoms with Gasteiger partial charge in [0.05, 0.1) is 0 Å². The topological polar surface area (TPSA) is 6.48 Å². The second-order valence-electron chi connectivity index (χ2n) is 18.2. The van der Waals surface area contributed by atoms with Crippen molar-refractivity contribution in [3.63, 3.8) is 0 Å². The minimum Gasteiger partial charge on any atom is -0.337 e. The molecule has 0 bridgehead atoms. The fraction of sp³-hybridized carbons (Fsp3) is 0.115. The molecule has 0 saturated heterocycles. The van der Waals surface area contributed by atoms with Crippen molar-refractivity contribution >= 4 is 28.4 Å². The van der Waals surface area contributed by atoms with Crippen LogP contribution in [0.4, 0.5) is 28.4 Å². The summed E-state index contributed by atoms with van der Waals surface area (Å²) in [7, 11) is 0. The van der Waals surface area contributed by atoms with E-state index >= 15 is 0 Å². The van der Waals surface area contributed by atoms with Crippen LogP contribution in [0.25, 0.3) is 44.5 Å². The monoisotopic (exact) mass is 810 g/mol. The largest absolute Gasteiger partial charge is 0.337 e. The zero-order chi connectivity index (χ0) is 42.7. The van der Waals surface area contributed by atoms with E-state index in [0.29, 0.717) is 0 Å². The van der Waals surface area contributed by atoms with Gasteiger partial charge in [-0.1, -0.05) is 185 Å². The van der Waals surface area contributed by atoms with E-state index in [1.807, 2.05) is 0 Å². The summed E-state index contributed by atoms with van der Waals surface area (Å²) < 4.78 is 0. The molecule has 2 aliphatic rings. The number of para-hydroxylation sites is 2. The van der Waals surface area contributed by atoms with Gasteiger partial charge in [-0.25, -0.2) is 0 Å². The van der Waals surface area contributed by atoms with Crippen molar-refractivity contribution < 1.29 is 0 Å². The molecule has 0 fully saturated rings. The van der Waals surface area contributed by atoms with E-state index in [4.69, 9.17) is 0 Å². The molecule has 2 aliphatic carbocycles. The van der Waals surface area contributed by atoms with E-state index in [9.17, 15) is 0 Å². The van der Waals surface area contributed by atoms with Crippen molar-refractivity contribution in [3.05, 3.63) is 246 Å². The Hall–Kier alpha value is -7.42. The zero-order valence-corrected chi connectivity index (χ0v) is 36.4. The molecule has 9 aromatic carbocycles. The van der Waals surface area contributed by atoms with Crippen molar-refractivity contribution in [2.75, 3.05) is 9.80 Å². The van der Waals surface area contributed by atoms with Gasteiger partial charge in [0, 0.05) is 45.8 Å². The van der Waals surface area contributed by atoms with Gasteiger partial charge in [0.1, 0.15) is 0 Å². The van der Waals surface area contributed by atoms with Crippen LogP contribution in [0.15, 0.2) is 218 Å². The predicted molar refractivity (Wildman–Crippen MR) is 266 cm³/mol. The molecule has 2 heteroatoms. The van der Waals surface area contributed by atoms with Gasteiger partial charge in [-0.2, -0.15) is 0 Å². The molecule has 304 valence electrons. The van der Waals surface area contributed by atoms with Gasteiger partial charge in [-0.15, -0.1) is 0 Å². The molecule has 0 aromatic heterocycles. The Morgan fingerprint density at radius 2 is 0.683 bits per heavy atom. The van der Waals surface area contributed by atoms with Gasteiger partial charge < -0.3 is 9.80 Å². The molecular weight excluding hydrogens is 761 g/mol. The van der Waals surface area contributed by atoms with E-state index in [2.05, 4.69) is 256 Å². The van der Waals surface area contributed by atoms with Crippen LogP contribution in [0.5, 0.6) is 0 Å². The zero-order valence-electron chi connectivity index (χ0n) is 36.4. The van der Waals surface area contributed by atoms with Crippen LogP contribution in [0, 0.1) is 0 Å². The van der Waals surface area contributed by atoms with Crippen molar-refractivity contribution in [2.45, 2.75) is 45.1 Å². The van der Waals surface area contributed by atoms with Gasteiger partial charge in [-0.3, -0.25) is 0 Å². The highest BCUT2D eigenvalue weighted by Crippen LogP contribution is 2.51. The average Bonchev–Trinajstić information content (AvgIpc) is 3.70. The summed E-state index contributed by atoms with van der Waals surface area (Å²) in [6.45, 7) is 10.2. The molecule has 0 unspecified atom stereocenters. The molecule has 9 aromatic rings. The van der Waals surface area contributed by atoms with Crippen molar-refractivity contribution in [1.29, 1.82) is 0 Å². The first-order valence-electron chi connectivity index (χ1n) is 22.2. The molecule has 0 atom stereocenters. The molecule has 0 N–H and O–H groups in total. The Morgan fingerprint density at radius 3 is 1.24 bits per heavy atom. The Balaban J connectivity index is 0.902. The number of benzene rings is 9. The van der Waals surface area contributed by atoms with E-state index in [-0.39, 0.29) is 10.8 Å². The minimum atomic E-state index is -0.0803. The quantitative estimate of drug-likeness (QED) is 0.143. The van der Waals surface area contributed by atoms with E-state index in [1.165, 1.54) is 78.0 Å². The lowest BCUT2D eigenvalue weighted by atomic mass is 9.82. The lowest BCUT2D eigenvalue weighted by molar-refractivity contribution is 0.659. The molecule has 0 amide bonds. The van der Waals surface area contributed by atoms with Crippen molar-refractivity contribution in [1.82, 2.24) is 0 Å². The second kappa shape index (κ2) is 15.2. The Labute approximate surface area is 372 Å². The highest BCUT2D eigenvalue weighted by atomic mass is 15.1. The summed E-state index contributed by atoms with van der Waals surface area (Å²) in [5.74, 6) is 0. The fourth-order valence-corrected chi connectivity index (χ4v) is 10.4. The first-order valence-corrected chi connectivity index (χ1v) is 22.2. The van der Waals surface area contributed by atoms with E-state index < -0.39 is 0 Å². The van der Waals surface area contributed by atoms with Crippen LogP contribution in [0.2, 0.25) is 0 Å². The van der Waals surface area contributed by atoms with Crippen LogP contribution in [-0.2, 0) is 17.4 Å². The van der Waals surface area contributed by atoms with Gasteiger partial charge >= 0.3 is 0 Å². The highest BCUT2D eigenvalue weighted by molar-refractivity contribution is 5.88. The number of rotatable bonds is 9. The van der Waals surface area contributed by atoms with Gasteiger partial charge in [0.2, 0.25) is 0 Å². The molecule has 0 heterocycles. The Bertz CT molecular complexity index is 3120. The van der Waals surface area contributed by atoms with Crippen LogP contribution < -0.4 is 9.80 Å². The Kier molecular flexibility index (Phi) is 9.28. The number of fused-ring (bicyclic) bond motifs is 6. The number of nitrogens with zero attached hydrogens (tertiary/aromatic N) is 2. The number of hydrogen-bond acceptors (Lipinski definition) is 2. The van der Waals surface area contributed by atoms with E-state index in [0.717, 1.165) is 29.3 Å². The molecule has 0 radical (unpaired) electrons. The van der Waals surface area contributed by atoms with Gasteiger partial charge in [-0.05, 0) is 133 Å². The van der Waals surface area contributed by atoms with Crippen molar-refractivity contribution in [3.8, 4) is 44.5 Å². The molecule has 63 heavy (non-hydrogen) atoms. The van der Waals surface area contributed by atoms with Gasteiger partial charge in [0.15, 0.2) is 0 Å². The third-order valence-corrected chi connectivity index (χ3v) is 13.7. The normalized spacial score (nSPS) is 13.7. The van der Waals surface area contributed by atoms with Crippen LogP contribution in [0.3, 0.4) is 0 Å². The highest BCUT2D eigenvalue weighted by Gasteiger charge is 2.37. The summed E-state index contributed by atoms with van der Waals surface area (Å²) >= 11 is 0. The summed E-state index contributed by atoms with van der Waals surface area (Å²) in [4.78, 5) is 4.82. The van der Waals surface area contributed by atoms with Crippen LogP contribution >= 0.6 is 0 Å². The van der Waals surface area contributed by atoms with E-state index in [1.54, 1.807) is 0 Å². The third-order valence-electron chi connectivity index (χ3n) is 13.7. The van der Waals surface area contributed by atoms with Gasteiger partial charge in [0.25, 0.3) is 0 Å².